The van der Waals surface area contributed by atoms with E-state index in [4.69, 9.17) is 24.7 Å². The van der Waals surface area contributed by atoms with Crippen molar-refractivity contribution in [3.63, 3.8) is 0 Å². The van der Waals surface area contributed by atoms with Crippen LogP contribution in [0, 0.1) is 0 Å². The van der Waals surface area contributed by atoms with E-state index < -0.39 is 15.6 Å². The van der Waals surface area contributed by atoms with Crippen molar-refractivity contribution >= 4 is 15.6 Å². The number of hydrogen-bond acceptors (Lipinski definition) is 4. The lowest BCUT2D eigenvalue weighted by molar-refractivity contribution is 0.225. The van der Waals surface area contributed by atoms with E-state index in [1.165, 1.54) is 0 Å². The van der Waals surface area contributed by atoms with Gasteiger partial charge in [0, 0.05) is 0 Å². The van der Waals surface area contributed by atoms with E-state index >= 15 is 0 Å². The minimum absolute atomic E-state index is 0.169. The average Bonchev–Trinajstić information content (AvgIpc) is 1.77. The van der Waals surface area contributed by atoms with Crippen LogP contribution in [0.2, 0.25) is 0 Å². The molecule has 0 saturated heterocycles. The van der Waals surface area contributed by atoms with Gasteiger partial charge in [0.25, 0.3) is 0 Å². The van der Waals surface area contributed by atoms with Crippen molar-refractivity contribution in [2.45, 2.75) is 13.8 Å². The van der Waals surface area contributed by atoms with Crippen LogP contribution in [0.3, 0.4) is 0 Å². The van der Waals surface area contributed by atoms with Crippen LogP contribution < -0.4 is 0 Å². The normalized spacial score (nSPS) is 11.4. The number of aliphatic hydroxyl groups is 1. The maximum absolute atomic E-state index is 9.63. The number of phosphoric acid groups is 2. The first-order valence-corrected chi connectivity index (χ1v) is 6.60. The van der Waals surface area contributed by atoms with Crippen LogP contribution >= 0.6 is 15.6 Å². The summed E-state index contributed by atoms with van der Waals surface area (Å²) in [6, 6.07) is 0. The van der Waals surface area contributed by atoms with E-state index in [2.05, 4.69) is 4.31 Å². The molecule has 0 aliphatic heterocycles. The second-order valence-corrected chi connectivity index (χ2v) is 5.14. The van der Waals surface area contributed by atoms with Crippen molar-refractivity contribution in [3.8, 4) is 0 Å². The van der Waals surface area contributed by atoms with Gasteiger partial charge in [-0.2, -0.15) is 4.31 Å². The van der Waals surface area contributed by atoms with Crippen LogP contribution in [0.25, 0.3) is 0 Å². The van der Waals surface area contributed by atoms with Crippen molar-refractivity contribution in [1.29, 1.82) is 0 Å². The average molecular weight is 264 g/mol. The molecule has 0 bridgehead atoms. The van der Waals surface area contributed by atoms with Gasteiger partial charge >= 0.3 is 15.6 Å². The van der Waals surface area contributed by atoms with E-state index in [-0.39, 0.29) is 6.61 Å². The topological polar surface area (TPSA) is 145 Å². The molecule has 8 nitrogen and oxygen atoms in total. The molecule has 0 radical (unpaired) electrons. The number of hydrogen-bond donors (Lipinski definition) is 5. The molecule has 0 amide bonds. The molecule has 0 unspecified atom stereocenters. The molecule has 92 valence electrons. The van der Waals surface area contributed by atoms with Gasteiger partial charge in [0.2, 0.25) is 0 Å². The zero-order chi connectivity index (χ0) is 12.7. The van der Waals surface area contributed by atoms with Crippen LogP contribution in [-0.4, -0.2) is 31.3 Å². The summed E-state index contributed by atoms with van der Waals surface area (Å²) in [4.78, 5) is 31.0. The predicted molar refractivity (Wildman–Crippen MR) is 51.7 cm³/mol. The lowest BCUT2D eigenvalue weighted by Gasteiger charge is -2.03. The highest BCUT2D eigenvalue weighted by molar-refractivity contribution is 7.60. The molecule has 0 rings (SSSR count). The van der Waals surface area contributed by atoms with Gasteiger partial charge in [-0.1, -0.05) is 11.6 Å². The first-order chi connectivity index (χ1) is 6.48. The first-order valence-electron chi connectivity index (χ1n) is 3.54. The molecule has 0 heterocycles. The second-order valence-electron chi connectivity index (χ2n) is 2.53. The molecular formula is C5H14O8P2. The van der Waals surface area contributed by atoms with Gasteiger partial charge < -0.3 is 24.7 Å². The maximum Gasteiger partial charge on any atom is 0.478 e. The van der Waals surface area contributed by atoms with E-state index in [9.17, 15) is 9.13 Å². The Morgan fingerprint density at radius 1 is 1.13 bits per heavy atom. The molecule has 0 aromatic rings. The highest BCUT2D eigenvalue weighted by Crippen LogP contribution is 2.53. The van der Waals surface area contributed by atoms with Gasteiger partial charge in [0.15, 0.2) is 0 Å². The van der Waals surface area contributed by atoms with Crippen LogP contribution in [-0.2, 0) is 13.4 Å². The first kappa shape index (κ1) is 17.4. The van der Waals surface area contributed by atoms with Crippen LogP contribution in [0.15, 0.2) is 11.6 Å². The van der Waals surface area contributed by atoms with Gasteiger partial charge in [-0.15, -0.1) is 0 Å². The fraction of sp³-hybridized carbons (Fsp3) is 0.600. The minimum Gasteiger partial charge on any atom is -0.392 e. The summed E-state index contributed by atoms with van der Waals surface area (Å²) in [6.45, 7) is 4.08. The van der Waals surface area contributed by atoms with Crippen LogP contribution in [0.5, 0.6) is 0 Å². The third-order valence-corrected chi connectivity index (χ3v) is 2.41. The Bertz CT molecular complexity index is 261. The smallest absolute Gasteiger partial charge is 0.392 e. The van der Waals surface area contributed by atoms with Crippen molar-refractivity contribution in [2.75, 3.05) is 6.61 Å². The zero-order valence-corrected chi connectivity index (χ0v) is 9.93. The summed E-state index contributed by atoms with van der Waals surface area (Å²) in [5.74, 6) is 0. The minimum atomic E-state index is -5.05. The largest absolute Gasteiger partial charge is 0.478 e. The van der Waals surface area contributed by atoms with Crippen molar-refractivity contribution < 1.29 is 38.1 Å². The monoisotopic (exact) mass is 264 g/mol. The molecule has 0 fully saturated rings. The third kappa shape index (κ3) is 24.9. The Kier molecular flexibility index (Phi) is 8.41. The molecule has 0 atom stereocenters. The molecule has 0 aromatic carbocycles. The number of allylic oxidation sites excluding steroid dienone is 1. The van der Waals surface area contributed by atoms with Gasteiger partial charge in [-0.3, -0.25) is 0 Å². The molecule has 0 saturated carbocycles. The molecule has 0 aromatic heterocycles. The lowest BCUT2D eigenvalue weighted by Crippen LogP contribution is -1.84. The molecule has 5 N–H and O–H groups in total. The van der Waals surface area contributed by atoms with Gasteiger partial charge in [0.1, 0.15) is 0 Å². The third-order valence-electron chi connectivity index (χ3n) is 0.712. The lowest BCUT2D eigenvalue weighted by atomic mass is 10.3. The van der Waals surface area contributed by atoms with E-state index in [0.29, 0.717) is 0 Å². The second kappa shape index (κ2) is 7.27. The Morgan fingerprint density at radius 2 is 1.47 bits per heavy atom. The molecular weight excluding hydrogens is 250 g/mol. The highest BCUT2D eigenvalue weighted by Gasteiger charge is 2.27. The summed E-state index contributed by atoms with van der Waals surface area (Å²) >= 11 is 0. The highest BCUT2D eigenvalue weighted by atomic mass is 31.3. The predicted octanol–water partition coefficient (Wildman–Crippen LogP) is 0.133. The van der Waals surface area contributed by atoms with Crippen LogP contribution in [0.4, 0.5) is 0 Å². The molecule has 0 spiro atoms. The van der Waals surface area contributed by atoms with Crippen molar-refractivity contribution in [3.05, 3.63) is 11.6 Å². The summed E-state index contributed by atoms with van der Waals surface area (Å²) < 4.78 is 22.2. The van der Waals surface area contributed by atoms with Gasteiger partial charge in [-0.05, 0) is 13.8 Å². The fourth-order valence-electron chi connectivity index (χ4n) is 0.321. The summed E-state index contributed by atoms with van der Waals surface area (Å²) in [6.07, 6.45) is 1.76. The summed E-state index contributed by atoms with van der Waals surface area (Å²) in [7, 11) is -10.1. The Balaban J connectivity index is 0. The fourth-order valence-corrected chi connectivity index (χ4v) is 1.43. The standard InChI is InChI=1S/C5H10O.H4O7P2/c1-5(2)3-4-6;1-8(2,3)7-9(4,5)6/h3,6H,4H2,1-2H3;(H2,1,2,3)(H2,4,5,6). The SMILES string of the molecule is CC(C)=CCO.O=P(O)(O)OP(=O)(O)O. The van der Waals surface area contributed by atoms with E-state index in [1.54, 1.807) is 6.08 Å². The number of aliphatic hydroxyl groups excluding tert-OH is 1. The van der Waals surface area contributed by atoms with E-state index in [0.717, 1.165) is 5.57 Å². The Labute approximate surface area is 86.7 Å². The summed E-state index contributed by atoms with van der Waals surface area (Å²) in [5.41, 5.74) is 1.16. The Hall–Kier alpha value is -0.0400. The van der Waals surface area contributed by atoms with Gasteiger partial charge in [0.05, 0.1) is 6.61 Å². The maximum atomic E-state index is 9.63. The molecule has 0 aliphatic carbocycles. The Morgan fingerprint density at radius 3 is 1.47 bits per heavy atom. The van der Waals surface area contributed by atoms with Crippen molar-refractivity contribution in [1.82, 2.24) is 0 Å². The quantitative estimate of drug-likeness (QED) is 0.357. The van der Waals surface area contributed by atoms with Crippen LogP contribution in [0.1, 0.15) is 13.8 Å². The number of rotatable bonds is 3. The molecule has 10 heteroatoms. The van der Waals surface area contributed by atoms with Gasteiger partial charge in [-0.25, -0.2) is 9.13 Å². The zero-order valence-electron chi connectivity index (χ0n) is 8.14. The van der Waals surface area contributed by atoms with Crippen molar-refractivity contribution in [2.24, 2.45) is 0 Å². The summed E-state index contributed by atoms with van der Waals surface area (Å²) in [5, 5.41) is 8.16. The molecule has 0 aliphatic rings. The molecule has 15 heavy (non-hydrogen) atoms. The van der Waals surface area contributed by atoms with E-state index in [1.807, 2.05) is 13.8 Å².